The van der Waals surface area contributed by atoms with E-state index in [4.69, 9.17) is 5.73 Å². The van der Waals surface area contributed by atoms with Crippen molar-refractivity contribution in [2.24, 2.45) is 5.73 Å². The van der Waals surface area contributed by atoms with E-state index < -0.39 is 28.6 Å². The van der Waals surface area contributed by atoms with Crippen LogP contribution in [0.3, 0.4) is 0 Å². The lowest BCUT2D eigenvalue weighted by atomic mass is 10.1. The molecule has 1 rings (SSSR count). The van der Waals surface area contributed by atoms with Gasteiger partial charge in [-0.2, -0.15) is 0 Å². The van der Waals surface area contributed by atoms with Crippen LogP contribution in [0.5, 0.6) is 0 Å². The first-order valence-electron chi connectivity index (χ1n) is 7.83. The van der Waals surface area contributed by atoms with Crippen LogP contribution in [-0.4, -0.2) is 61.9 Å². The van der Waals surface area contributed by atoms with Gasteiger partial charge in [-0.15, -0.1) is 0 Å². The molecule has 10 nitrogen and oxygen atoms in total. The van der Waals surface area contributed by atoms with E-state index in [1.807, 2.05) is 0 Å². The molecular weight excluding hydrogens is 362 g/mol. The summed E-state index contributed by atoms with van der Waals surface area (Å²) in [5, 5.41) is 13.8. The Hall–Kier alpha value is -2.40. The molecule has 0 saturated carbocycles. The number of aliphatic carboxylic acids is 1. The number of nitrogens with one attached hydrogen (secondary N) is 3. The summed E-state index contributed by atoms with van der Waals surface area (Å²) in [5.41, 5.74) is 4.37. The van der Waals surface area contributed by atoms with Crippen LogP contribution in [0.4, 0.5) is 0 Å². The number of hydrogen-bond donors (Lipinski definition) is 5. The van der Waals surface area contributed by atoms with E-state index in [9.17, 15) is 24.3 Å². The summed E-state index contributed by atoms with van der Waals surface area (Å²) in [7, 11) is 0. The number of nitrogens with zero attached hydrogens (tertiary/aromatic N) is 1. The first kappa shape index (κ1) is 21.6. The minimum Gasteiger partial charge on any atom is -0.479 e. The van der Waals surface area contributed by atoms with Gasteiger partial charge in [0.05, 0.1) is 6.33 Å². The highest BCUT2D eigenvalue weighted by Gasteiger charge is 2.36. The van der Waals surface area contributed by atoms with E-state index in [1.165, 1.54) is 26.4 Å². The van der Waals surface area contributed by atoms with Crippen LogP contribution in [0.25, 0.3) is 0 Å². The van der Waals surface area contributed by atoms with Crippen LogP contribution >= 0.6 is 11.8 Å². The number of carbonyl (C=O) groups is 4. The fourth-order valence-corrected chi connectivity index (χ4v) is 3.03. The second-order valence-corrected chi connectivity index (χ2v) is 6.85. The molecule has 0 bridgehead atoms. The molecule has 1 heterocycles. The Morgan fingerprint density at radius 2 is 2.12 bits per heavy atom. The molecule has 0 aliphatic carbocycles. The topological polar surface area (TPSA) is 167 Å². The summed E-state index contributed by atoms with van der Waals surface area (Å²) in [6.07, 6.45) is 3.21. The first-order valence-corrected chi connectivity index (χ1v) is 8.82. The van der Waals surface area contributed by atoms with E-state index >= 15 is 0 Å². The van der Waals surface area contributed by atoms with Crippen LogP contribution in [0.2, 0.25) is 0 Å². The Kier molecular flexibility index (Phi) is 8.26. The Balaban J connectivity index is 2.81. The normalized spacial score (nSPS) is 14.1. The van der Waals surface area contributed by atoms with Gasteiger partial charge in [0, 0.05) is 44.0 Å². The number of aromatic nitrogens is 2. The number of aromatic amines is 1. The summed E-state index contributed by atoms with van der Waals surface area (Å²) in [6.45, 7) is 2.65. The van der Waals surface area contributed by atoms with Crippen LogP contribution in [0, 0.1) is 0 Å². The maximum absolute atomic E-state index is 12.5. The minimum atomic E-state index is -1.61. The minimum absolute atomic E-state index is 0.0656. The predicted molar refractivity (Wildman–Crippen MR) is 95.2 cm³/mol. The van der Waals surface area contributed by atoms with Gasteiger partial charge >= 0.3 is 5.97 Å². The van der Waals surface area contributed by atoms with Gasteiger partial charge in [0.1, 0.15) is 11.6 Å². The third kappa shape index (κ3) is 6.84. The Morgan fingerprint density at radius 1 is 1.42 bits per heavy atom. The third-order valence-corrected chi connectivity index (χ3v) is 4.69. The average Bonchev–Trinajstić information content (AvgIpc) is 3.04. The quantitative estimate of drug-likeness (QED) is 0.343. The van der Waals surface area contributed by atoms with Crippen molar-refractivity contribution in [3.63, 3.8) is 0 Å². The maximum atomic E-state index is 12.5. The summed E-state index contributed by atoms with van der Waals surface area (Å²) in [4.78, 5) is 53.7. The van der Waals surface area contributed by atoms with Gasteiger partial charge < -0.3 is 26.5 Å². The SMILES string of the molecule is CC(=O)NC(C)(CSC(=O)[C@H](Cc1cnc[nH]1)NC(=O)CCN)C(=O)O. The average molecular weight is 385 g/mol. The maximum Gasteiger partial charge on any atom is 0.330 e. The number of carboxylic acids is 1. The molecule has 0 spiro atoms. The number of nitrogens with two attached hydrogens (primary N) is 1. The van der Waals surface area contributed by atoms with Gasteiger partial charge in [-0.1, -0.05) is 11.8 Å². The number of hydrogen-bond acceptors (Lipinski definition) is 7. The molecule has 6 N–H and O–H groups in total. The molecule has 0 aliphatic rings. The van der Waals surface area contributed by atoms with Gasteiger partial charge in [-0.25, -0.2) is 9.78 Å². The van der Waals surface area contributed by atoms with Crippen LogP contribution in [0.1, 0.15) is 26.0 Å². The molecule has 0 fully saturated rings. The van der Waals surface area contributed by atoms with Crippen LogP contribution < -0.4 is 16.4 Å². The van der Waals surface area contributed by atoms with Gasteiger partial charge in [0.15, 0.2) is 0 Å². The lowest BCUT2D eigenvalue weighted by Gasteiger charge is -2.25. The molecule has 0 saturated heterocycles. The standard InChI is InChI=1S/C15H23N5O5S/c1-9(21)20-15(2,14(24)25)7-26-13(23)11(19-12(22)3-4-16)5-10-6-17-8-18-10/h6,8,11H,3-5,7,16H2,1-2H3,(H,17,18)(H,19,22)(H,20,21)(H,24,25)/t11-,15?/m0/s1. The molecule has 0 radical (unpaired) electrons. The zero-order chi connectivity index (χ0) is 19.7. The van der Waals surface area contributed by atoms with Crippen molar-refractivity contribution in [1.29, 1.82) is 0 Å². The Labute approximate surface area is 154 Å². The van der Waals surface area contributed by atoms with Gasteiger partial charge in [-0.05, 0) is 6.92 Å². The highest BCUT2D eigenvalue weighted by atomic mass is 32.2. The number of carboxylic acid groups (broad SMARTS) is 1. The molecular formula is C15H23N5O5S. The molecule has 2 atom stereocenters. The second-order valence-electron chi connectivity index (χ2n) is 5.87. The van der Waals surface area contributed by atoms with Gasteiger partial charge in [0.2, 0.25) is 16.9 Å². The van der Waals surface area contributed by atoms with Gasteiger partial charge in [-0.3, -0.25) is 14.4 Å². The van der Waals surface area contributed by atoms with Crippen molar-refractivity contribution in [2.45, 2.75) is 38.3 Å². The van der Waals surface area contributed by atoms with E-state index in [0.29, 0.717) is 5.69 Å². The van der Waals surface area contributed by atoms with Crippen molar-refractivity contribution >= 4 is 34.7 Å². The van der Waals surface area contributed by atoms with Gasteiger partial charge in [0.25, 0.3) is 0 Å². The summed E-state index contributed by atoms with van der Waals surface area (Å²) >= 11 is 0.729. The summed E-state index contributed by atoms with van der Waals surface area (Å²) < 4.78 is 0. The van der Waals surface area contributed by atoms with E-state index in [1.54, 1.807) is 0 Å². The fourth-order valence-electron chi connectivity index (χ4n) is 2.06. The largest absolute Gasteiger partial charge is 0.479 e. The first-order chi connectivity index (χ1) is 12.2. The molecule has 144 valence electrons. The zero-order valence-electron chi connectivity index (χ0n) is 14.6. The molecule has 1 aromatic heterocycles. The molecule has 0 aromatic carbocycles. The monoisotopic (exact) mass is 385 g/mol. The van der Waals surface area contributed by atoms with Crippen molar-refractivity contribution in [1.82, 2.24) is 20.6 Å². The van der Waals surface area contributed by atoms with Crippen LogP contribution in [0.15, 0.2) is 12.5 Å². The van der Waals surface area contributed by atoms with Crippen LogP contribution in [-0.2, 0) is 25.6 Å². The number of amides is 2. The number of H-pyrrole nitrogens is 1. The Morgan fingerprint density at radius 3 is 2.62 bits per heavy atom. The molecule has 1 unspecified atom stereocenters. The van der Waals surface area contributed by atoms with E-state index in [-0.39, 0.29) is 31.0 Å². The van der Waals surface area contributed by atoms with Crippen molar-refractivity contribution < 1.29 is 24.3 Å². The number of carbonyl (C=O) groups excluding carboxylic acids is 3. The third-order valence-electron chi connectivity index (χ3n) is 3.40. The van der Waals surface area contributed by atoms with Crippen molar-refractivity contribution in [3.05, 3.63) is 18.2 Å². The van der Waals surface area contributed by atoms with Crippen molar-refractivity contribution in [3.8, 4) is 0 Å². The van der Waals surface area contributed by atoms with E-state index in [2.05, 4.69) is 20.6 Å². The predicted octanol–water partition coefficient (Wildman–Crippen LogP) is -0.975. The molecule has 0 aliphatic heterocycles. The molecule has 2 amide bonds. The molecule has 1 aromatic rings. The Bertz CT molecular complexity index is 651. The fraction of sp³-hybridized carbons (Fsp3) is 0.533. The summed E-state index contributed by atoms with van der Waals surface area (Å²) in [6, 6.07) is -0.880. The zero-order valence-corrected chi connectivity index (χ0v) is 15.4. The lowest BCUT2D eigenvalue weighted by molar-refractivity contribution is -0.145. The molecule has 26 heavy (non-hydrogen) atoms. The number of rotatable bonds is 10. The van der Waals surface area contributed by atoms with E-state index in [0.717, 1.165) is 11.8 Å². The highest BCUT2D eigenvalue weighted by molar-refractivity contribution is 8.13. The number of imidazole rings is 1. The summed E-state index contributed by atoms with van der Waals surface area (Å²) in [5.74, 6) is -2.35. The number of thioether (sulfide) groups is 1. The molecule has 11 heteroatoms. The van der Waals surface area contributed by atoms with Crippen molar-refractivity contribution in [2.75, 3.05) is 12.3 Å². The highest BCUT2D eigenvalue weighted by Crippen LogP contribution is 2.18. The lowest BCUT2D eigenvalue weighted by Crippen LogP contribution is -2.54. The smallest absolute Gasteiger partial charge is 0.330 e. The second kappa shape index (κ2) is 9.92.